The summed E-state index contributed by atoms with van der Waals surface area (Å²) in [6, 6.07) is 0. The van der Waals surface area contributed by atoms with Crippen LogP contribution in [0.2, 0.25) is 0 Å². The fraction of sp³-hybridized carbons (Fsp3) is 0.700. The first-order valence-corrected chi connectivity index (χ1v) is 5.21. The lowest BCUT2D eigenvalue weighted by atomic mass is 9.90. The molecule has 1 aliphatic carbocycles. The summed E-state index contributed by atoms with van der Waals surface area (Å²) in [5, 5.41) is -0.0543. The molecule has 0 aromatic rings. The van der Waals surface area contributed by atoms with Gasteiger partial charge in [0, 0.05) is 0 Å². The molecule has 0 radical (unpaired) electrons. The Morgan fingerprint density at radius 2 is 2.29 bits per heavy atom. The molecule has 4 heteroatoms. The Labute approximate surface area is 88.0 Å². The zero-order valence-corrected chi connectivity index (χ0v) is 8.63. The highest BCUT2D eigenvalue weighted by Gasteiger charge is 2.43. The van der Waals surface area contributed by atoms with E-state index >= 15 is 0 Å². The van der Waals surface area contributed by atoms with Crippen molar-refractivity contribution < 1.29 is 14.3 Å². The Kier molecular flexibility index (Phi) is 2.79. The summed E-state index contributed by atoms with van der Waals surface area (Å²) in [5.41, 5.74) is 0. The molecule has 78 valence electrons. The Balaban J connectivity index is 1.70. The number of fused-ring (bicyclic) bond motifs is 1. The number of carbonyl (C=O) groups excluding carboxylic acids is 1. The van der Waals surface area contributed by atoms with E-state index in [0.29, 0.717) is 24.7 Å². The largest absolute Gasteiger partial charge is 0.461 e. The van der Waals surface area contributed by atoms with Crippen molar-refractivity contribution in [3.05, 3.63) is 11.6 Å². The Bertz CT molecular complexity index is 264. The van der Waals surface area contributed by atoms with Gasteiger partial charge in [-0.2, -0.15) is 0 Å². The average Bonchev–Trinajstić information content (AvgIpc) is 2.91. The highest BCUT2D eigenvalue weighted by molar-refractivity contribution is 6.40. The quantitative estimate of drug-likeness (QED) is 0.411. The molecule has 0 bridgehead atoms. The van der Waals surface area contributed by atoms with Crippen molar-refractivity contribution in [1.29, 1.82) is 0 Å². The number of halogens is 1. The van der Waals surface area contributed by atoms with Crippen LogP contribution < -0.4 is 0 Å². The van der Waals surface area contributed by atoms with Crippen molar-refractivity contribution in [3.8, 4) is 0 Å². The summed E-state index contributed by atoms with van der Waals surface area (Å²) in [4.78, 5) is 11.0. The lowest BCUT2D eigenvalue weighted by Crippen LogP contribution is -2.20. The third kappa shape index (κ3) is 2.28. The molecule has 3 atom stereocenters. The number of carbonyl (C=O) groups is 1. The van der Waals surface area contributed by atoms with E-state index in [0.717, 1.165) is 19.3 Å². The summed E-state index contributed by atoms with van der Waals surface area (Å²) in [5.74, 6) is -0.0794. The van der Waals surface area contributed by atoms with E-state index in [1.165, 1.54) is 0 Å². The number of hydrogen-bond acceptors (Lipinski definition) is 3. The van der Waals surface area contributed by atoms with Crippen molar-refractivity contribution in [2.75, 3.05) is 6.61 Å². The van der Waals surface area contributed by atoms with Gasteiger partial charge in [-0.15, -0.1) is 0 Å². The number of epoxide rings is 1. The SMILES string of the molecule is C=C(Cl)C(=O)OCC1CCC2OC2C1. The number of esters is 1. The Hall–Kier alpha value is -0.540. The van der Waals surface area contributed by atoms with Gasteiger partial charge in [-0.1, -0.05) is 18.2 Å². The first-order valence-electron chi connectivity index (χ1n) is 4.84. The van der Waals surface area contributed by atoms with Crippen LogP contribution in [-0.4, -0.2) is 24.8 Å². The number of rotatable bonds is 3. The van der Waals surface area contributed by atoms with Gasteiger partial charge in [-0.25, -0.2) is 4.79 Å². The average molecular weight is 217 g/mol. The summed E-state index contributed by atoms with van der Waals surface area (Å²) >= 11 is 5.39. The van der Waals surface area contributed by atoms with Crippen LogP contribution in [0.25, 0.3) is 0 Å². The van der Waals surface area contributed by atoms with E-state index in [1.54, 1.807) is 0 Å². The molecule has 0 spiro atoms. The molecule has 2 rings (SSSR count). The molecule has 0 N–H and O–H groups in total. The van der Waals surface area contributed by atoms with E-state index in [9.17, 15) is 4.79 Å². The van der Waals surface area contributed by atoms with Gasteiger partial charge in [-0.3, -0.25) is 0 Å². The van der Waals surface area contributed by atoms with Crippen LogP contribution in [0.5, 0.6) is 0 Å². The van der Waals surface area contributed by atoms with Crippen LogP contribution in [0.3, 0.4) is 0 Å². The molecule has 0 amide bonds. The lowest BCUT2D eigenvalue weighted by Gasteiger charge is -2.18. The molecule has 1 saturated heterocycles. The molecule has 2 aliphatic rings. The van der Waals surface area contributed by atoms with Crippen molar-refractivity contribution in [1.82, 2.24) is 0 Å². The van der Waals surface area contributed by atoms with E-state index in [1.807, 2.05) is 0 Å². The molecule has 3 nitrogen and oxygen atoms in total. The fourth-order valence-corrected chi connectivity index (χ4v) is 1.96. The van der Waals surface area contributed by atoms with E-state index in [4.69, 9.17) is 21.1 Å². The van der Waals surface area contributed by atoms with Gasteiger partial charge in [0.05, 0.1) is 18.8 Å². The molecule has 1 saturated carbocycles. The molecule has 3 unspecified atom stereocenters. The first-order chi connectivity index (χ1) is 6.66. The fourth-order valence-electron chi connectivity index (χ4n) is 1.91. The molecular formula is C10H13ClO3. The zero-order valence-electron chi connectivity index (χ0n) is 7.87. The van der Waals surface area contributed by atoms with Crippen molar-refractivity contribution >= 4 is 17.6 Å². The van der Waals surface area contributed by atoms with Gasteiger partial charge in [0.25, 0.3) is 0 Å². The molecule has 2 fully saturated rings. The summed E-state index contributed by atoms with van der Waals surface area (Å²) in [6.07, 6.45) is 4.08. The second-order valence-electron chi connectivity index (χ2n) is 3.90. The van der Waals surface area contributed by atoms with Crippen molar-refractivity contribution in [2.45, 2.75) is 31.5 Å². The van der Waals surface area contributed by atoms with Gasteiger partial charge in [0.2, 0.25) is 0 Å². The second-order valence-corrected chi connectivity index (χ2v) is 4.35. The minimum absolute atomic E-state index is 0.0543. The Morgan fingerprint density at radius 3 is 2.93 bits per heavy atom. The highest BCUT2D eigenvalue weighted by Crippen LogP contribution is 2.39. The maximum Gasteiger partial charge on any atom is 0.349 e. The predicted octanol–water partition coefficient (Wildman–Crippen LogP) is 1.85. The van der Waals surface area contributed by atoms with Crippen molar-refractivity contribution in [3.63, 3.8) is 0 Å². The van der Waals surface area contributed by atoms with Gasteiger partial charge in [0.1, 0.15) is 5.03 Å². The van der Waals surface area contributed by atoms with Gasteiger partial charge < -0.3 is 9.47 Å². The van der Waals surface area contributed by atoms with E-state index < -0.39 is 5.97 Å². The molecular weight excluding hydrogens is 204 g/mol. The standard InChI is InChI=1S/C10H13ClO3/c1-6(11)10(12)13-5-7-2-3-8-9(4-7)14-8/h7-9H,1-5H2. The normalized spacial score (nSPS) is 34.5. The van der Waals surface area contributed by atoms with Gasteiger partial charge in [-0.05, 0) is 25.2 Å². The highest BCUT2D eigenvalue weighted by atomic mass is 35.5. The van der Waals surface area contributed by atoms with Crippen LogP contribution in [-0.2, 0) is 14.3 Å². The monoisotopic (exact) mass is 216 g/mol. The topological polar surface area (TPSA) is 38.8 Å². The third-order valence-electron chi connectivity index (χ3n) is 2.78. The Morgan fingerprint density at radius 1 is 1.50 bits per heavy atom. The summed E-state index contributed by atoms with van der Waals surface area (Å²) < 4.78 is 10.4. The molecule has 0 aromatic carbocycles. The zero-order chi connectivity index (χ0) is 10.1. The summed E-state index contributed by atoms with van der Waals surface area (Å²) in [6.45, 7) is 3.75. The van der Waals surface area contributed by atoms with Crippen molar-refractivity contribution in [2.24, 2.45) is 5.92 Å². The van der Waals surface area contributed by atoms with Crippen LogP contribution in [0.4, 0.5) is 0 Å². The minimum atomic E-state index is -0.509. The lowest BCUT2D eigenvalue weighted by molar-refractivity contribution is -0.139. The van der Waals surface area contributed by atoms with Crippen LogP contribution in [0.15, 0.2) is 11.6 Å². The van der Waals surface area contributed by atoms with Gasteiger partial charge in [0.15, 0.2) is 0 Å². The van der Waals surface area contributed by atoms with Crippen LogP contribution >= 0.6 is 11.6 Å². The molecule has 1 heterocycles. The number of ether oxygens (including phenoxy) is 2. The first kappa shape index (κ1) is 9.99. The van der Waals surface area contributed by atoms with E-state index in [2.05, 4.69) is 6.58 Å². The molecule has 0 aromatic heterocycles. The second kappa shape index (κ2) is 3.91. The predicted molar refractivity (Wildman–Crippen MR) is 52.0 cm³/mol. The third-order valence-corrected chi connectivity index (χ3v) is 2.94. The van der Waals surface area contributed by atoms with Crippen LogP contribution in [0, 0.1) is 5.92 Å². The maximum absolute atomic E-state index is 11.0. The molecule has 1 aliphatic heterocycles. The minimum Gasteiger partial charge on any atom is -0.461 e. The molecule has 14 heavy (non-hydrogen) atoms. The number of hydrogen-bond donors (Lipinski definition) is 0. The van der Waals surface area contributed by atoms with E-state index in [-0.39, 0.29) is 5.03 Å². The van der Waals surface area contributed by atoms with Crippen LogP contribution in [0.1, 0.15) is 19.3 Å². The summed E-state index contributed by atoms with van der Waals surface area (Å²) in [7, 11) is 0. The maximum atomic E-state index is 11.0. The smallest absolute Gasteiger partial charge is 0.349 e. The van der Waals surface area contributed by atoms with Gasteiger partial charge >= 0.3 is 5.97 Å².